The fourth-order valence-corrected chi connectivity index (χ4v) is 3.59. The number of fused-ring (bicyclic) bond motifs is 1. The molecule has 0 radical (unpaired) electrons. The fourth-order valence-electron chi connectivity index (χ4n) is 3.33. The van der Waals surface area contributed by atoms with Gasteiger partial charge in [-0.15, -0.1) is 11.6 Å². The molecule has 1 heterocycles. The lowest BCUT2D eigenvalue weighted by molar-refractivity contribution is -0.134. The maximum absolute atomic E-state index is 12.2. The summed E-state index contributed by atoms with van der Waals surface area (Å²) in [6.45, 7) is 1.86. The van der Waals surface area contributed by atoms with E-state index in [0.717, 1.165) is 31.3 Å². The Morgan fingerprint density at radius 2 is 2.00 bits per heavy atom. The zero-order valence-corrected chi connectivity index (χ0v) is 9.75. The van der Waals surface area contributed by atoms with E-state index in [1.54, 1.807) is 0 Å². The minimum absolute atomic E-state index is 0.364. The van der Waals surface area contributed by atoms with E-state index < -0.39 is 0 Å². The number of carbonyl (C=O) groups is 1. The summed E-state index contributed by atoms with van der Waals surface area (Å²) in [6.07, 6.45) is 4.85. The van der Waals surface area contributed by atoms with Crippen molar-refractivity contribution in [3.63, 3.8) is 0 Å². The Morgan fingerprint density at radius 1 is 1.27 bits per heavy atom. The molecule has 15 heavy (non-hydrogen) atoms. The first-order valence-corrected chi connectivity index (χ1v) is 6.66. The molecule has 0 aromatic rings. The Balaban J connectivity index is 1.56. The molecule has 0 spiro atoms. The Bertz CT molecular complexity index is 271. The van der Waals surface area contributed by atoms with Crippen molar-refractivity contribution in [3.8, 4) is 0 Å². The van der Waals surface area contributed by atoms with Crippen LogP contribution in [-0.2, 0) is 4.79 Å². The molecule has 84 valence electrons. The van der Waals surface area contributed by atoms with Crippen molar-refractivity contribution in [2.75, 3.05) is 19.0 Å². The van der Waals surface area contributed by atoms with Gasteiger partial charge in [0, 0.05) is 24.9 Å². The third kappa shape index (κ3) is 1.77. The van der Waals surface area contributed by atoms with Crippen LogP contribution in [0.25, 0.3) is 0 Å². The Labute approximate surface area is 96.0 Å². The van der Waals surface area contributed by atoms with Crippen molar-refractivity contribution < 1.29 is 4.79 Å². The number of rotatable bonds is 2. The summed E-state index contributed by atoms with van der Waals surface area (Å²) >= 11 is 5.83. The zero-order chi connectivity index (χ0) is 10.4. The summed E-state index contributed by atoms with van der Waals surface area (Å²) in [5.41, 5.74) is 0. The second-order valence-electron chi connectivity index (χ2n) is 5.52. The van der Waals surface area contributed by atoms with Gasteiger partial charge in [0.2, 0.25) is 5.91 Å². The molecule has 3 atom stereocenters. The van der Waals surface area contributed by atoms with Gasteiger partial charge >= 0.3 is 0 Å². The molecule has 2 saturated carbocycles. The van der Waals surface area contributed by atoms with Gasteiger partial charge in [0.05, 0.1) is 0 Å². The lowest BCUT2D eigenvalue weighted by Crippen LogP contribution is -2.34. The highest BCUT2D eigenvalue weighted by Crippen LogP contribution is 2.54. The average Bonchev–Trinajstić information content (AvgIpc) is 2.73. The Morgan fingerprint density at radius 3 is 2.60 bits per heavy atom. The van der Waals surface area contributed by atoms with Gasteiger partial charge in [-0.05, 0) is 43.4 Å². The molecule has 3 fully saturated rings. The van der Waals surface area contributed by atoms with Crippen LogP contribution in [0.3, 0.4) is 0 Å². The van der Waals surface area contributed by atoms with Crippen LogP contribution in [0, 0.1) is 23.7 Å². The van der Waals surface area contributed by atoms with E-state index in [2.05, 4.69) is 4.90 Å². The van der Waals surface area contributed by atoms with E-state index in [-0.39, 0.29) is 0 Å². The molecule has 2 aliphatic carbocycles. The van der Waals surface area contributed by atoms with Gasteiger partial charge in [-0.3, -0.25) is 4.79 Å². The fraction of sp³-hybridized carbons (Fsp3) is 0.917. The lowest BCUT2D eigenvalue weighted by atomic mass is 10.0. The van der Waals surface area contributed by atoms with Crippen LogP contribution in [-0.4, -0.2) is 29.8 Å². The maximum atomic E-state index is 12.2. The number of hydrogen-bond donors (Lipinski definition) is 0. The van der Waals surface area contributed by atoms with Gasteiger partial charge in [0.25, 0.3) is 0 Å². The highest BCUT2D eigenvalue weighted by Gasteiger charge is 2.49. The smallest absolute Gasteiger partial charge is 0.225 e. The van der Waals surface area contributed by atoms with Gasteiger partial charge in [0.1, 0.15) is 0 Å². The molecular weight excluding hydrogens is 210 g/mol. The molecule has 2 nitrogen and oxygen atoms in total. The van der Waals surface area contributed by atoms with Gasteiger partial charge < -0.3 is 4.90 Å². The molecule has 0 bridgehead atoms. The normalized spacial score (nSPS) is 43.1. The summed E-state index contributed by atoms with van der Waals surface area (Å²) in [5, 5.41) is 0. The Kier molecular flexibility index (Phi) is 2.42. The lowest BCUT2D eigenvalue weighted by Gasteiger charge is -2.21. The van der Waals surface area contributed by atoms with Crippen LogP contribution in [0.15, 0.2) is 0 Å². The molecule has 3 unspecified atom stereocenters. The van der Waals surface area contributed by atoms with Gasteiger partial charge in [-0.1, -0.05) is 0 Å². The van der Waals surface area contributed by atoms with E-state index >= 15 is 0 Å². The van der Waals surface area contributed by atoms with Gasteiger partial charge in [0.15, 0.2) is 0 Å². The van der Waals surface area contributed by atoms with Crippen molar-refractivity contribution >= 4 is 17.5 Å². The Hall–Kier alpha value is -0.240. The number of amides is 1. The largest absolute Gasteiger partial charge is 0.342 e. The van der Waals surface area contributed by atoms with E-state index in [0.29, 0.717) is 23.6 Å². The number of likely N-dealkylation sites (tertiary alicyclic amines) is 1. The number of alkyl halides is 1. The molecule has 1 amide bonds. The number of carbonyl (C=O) groups excluding carboxylic acids is 1. The van der Waals surface area contributed by atoms with Crippen LogP contribution in [0.5, 0.6) is 0 Å². The maximum Gasteiger partial charge on any atom is 0.225 e. The first kappa shape index (κ1) is 9.95. The van der Waals surface area contributed by atoms with Crippen molar-refractivity contribution in [2.45, 2.75) is 25.7 Å². The van der Waals surface area contributed by atoms with E-state index in [4.69, 9.17) is 11.6 Å². The molecule has 0 N–H and O–H groups in total. The molecule has 1 aliphatic heterocycles. The molecule has 3 rings (SSSR count). The van der Waals surface area contributed by atoms with E-state index in [9.17, 15) is 4.79 Å². The third-order valence-corrected chi connectivity index (χ3v) is 4.84. The SMILES string of the molecule is O=C(C1CC2CC2C1)N1CCC(CCl)C1. The molecule has 0 aromatic carbocycles. The van der Waals surface area contributed by atoms with E-state index in [1.807, 2.05) is 0 Å². The van der Waals surface area contributed by atoms with Crippen molar-refractivity contribution in [2.24, 2.45) is 23.7 Å². The predicted molar refractivity (Wildman–Crippen MR) is 59.7 cm³/mol. The minimum atomic E-state index is 0.364. The second kappa shape index (κ2) is 3.65. The van der Waals surface area contributed by atoms with Crippen LogP contribution in [0.4, 0.5) is 0 Å². The second-order valence-corrected chi connectivity index (χ2v) is 5.83. The van der Waals surface area contributed by atoms with Crippen LogP contribution in [0.1, 0.15) is 25.7 Å². The number of nitrogens with zero attached hydrogens (tertiary/aromatic N) is 1. The van der Waals surface area contributed by atoms with Crippen molar-refractivity contribution in [1.29, 1.82) is 0 Å². The summed E-state index contributed by atoms with van der Waals surface area (Å²) in [5.74, 6) is 3.86. The van der Waals surface area contributed by atoms with Gasteiger partial charge in [-0.25, -0.2) is 0 Å². The first-order chi connectivity index (χ1) is 7.28. The van der Waals surface area contributed by atoms with Crippen LogP contribution >= 0.6 is 11.6 Å². The highest BCUT2D eigenvalue weighted by molar-refractivity contribution is 6.18. The topological polar surface area (TPSA) is 20.3 Å². The average molecular weight is 228 g/mol. The molecule has 3 heteroatoms. The third-order valence-electron chi connectivity index (χ3n) is 4.41. The minimum Gasteiger partial charge on any atom is -0.342 e. The van der Waals surface area contributed by atoms with Gasteiger partial charge in [-0.2, -0.15) is 0 Å². The summed E-state index contributed by atoms with van der Waals surface area (Å²) < 4.78 is 0. The zero-order valence-electron chi connectivity index (χ0n) is 8.99. The van der Waals surface area contributed by atoms with Crippen LogP contribution in [0.2, 0.25) is 0 Å². The molecule has 0 aromatic heterocycles. The van der Waals surface area contributed by atoms with Crippen LogP contribution < -0.4 is 0 Å². The number of hydrogen-bond acceptors (Lipinski definition) is 1. The predicted octanol–water partition coefficient (Wildman–Crippen LogP) is 2.12. The summed E-state index contributed by atoms with van der Waals surface area (Å²) in [4.78, 5) is 14.2. The molecular formula is C12H18ClNO. The number of halogens is 1. The molecule has 1 saturated heterocycles. The summed E-state index contributed by atoms with van der Waals surface area (Å²) in [7, 11) is 0. The first-order valence-electron chi connectivity index (χ1n) is 6.12. The summed E-state index contributed by atoms with van der Waals surface area (Å²) in [6, 6.07) is 0. The molecule has 3 aliphatic rings. The van der Waals surface area contributed by atoms with Crippen molar-refractivity contribution in [1.82, 2.24) is 4.90 Å². The standard InChI is InChI=1S/C12H18ClNO/c13-6-8-1-2-14(7-8)12(15)11-4-9-3-10(9)5-11/h8-11H,1-7H2. The highest BCUT2D eigenvalue weighted by atomic mass is 35.5. The van der Waals surface area contributed by atoms with Crippen molar-refractivity contribution in [3.05, 3.63) is 0 Å². The monoisotopic (exact) mass is 227 g/mol. The van der Waals surface area contributed by atoms with E-state index in [1.165, 1.54) is 19.3 Å². The quantitative estimate of drug-likeness (QED) is 0.662.